The monoisotopic (exact) mass is 228 g/mol. The molecule has 1 saturated carbocycles. The van der Waals surface area contributed by atoms with Gasteiger partial charge >= 0.3 is 5.97 Å². The number of nitrogens with zero attached hydrogens (tertiary/aromatic N) is 1. The van der Waals surface area contributed by atoms with E-state index >= 15 is 0 Å². The second kappa shape index (κ2) is 6.21. The first-order valence-electron chi connectivity index (χ1n) is 6.12. The molecule has 1 aliphatic carbocycles. The van der Waals surface area contributed by atoms with Gasteiger partial charge in [-0.1, -0.05) is 0 Å². The van der Waals surface area contributed by atoms with Crippen LogP contribution in [0.3, 0.4) is 0 Å². The van der Waals surface area contributed by atoms with Gasteiger partial charge in [0.05, 0.1) is 7.11 Å². The van der Waals surface area contributed by atoms with Crippen molar-refractivity contribution in [3.63, 3.8) is 0 Å². The lowest BCUT2D eigenvalue weighted by molar-refractivity contribution is -0.142. The van der Waals surface area contributed by atoms with Crippen LogP contribution in [-0.4, -0.2) is 43.2 Å². The number of ether oxygens (including phenoxy) is 1. The largest absolute Gasteiger partial charge is 0.468 e. The molecule has 0 aromatic rings. The SMILES string of the molecule is COC(=O)C(N)CCN(CC1CC1)C(C)C. The highest BCUT2D eigenvalue weighted by atomic mass is 16.5. The number of hydrogen-bond donors (Lipinski definition) is 1. The van der Waals surface area contributed by atoms with Crippen LogP contribution in [0.5, 0.6) is 0 Å². The van der Waals surface area contributed by atoms with E-state index in [1.54, 1.807) is 0 Å². The molecular weight excluding hydrogens is 204 g/mol. The smallest absolute Gasteiger partial charge is 0.322 e. The summed E-state index contributed by atoms with van der Waals surface area (Å²) >= 11 is 0. The van der Waals surface area contributed by atoms with Gasteiger partial charge in [-0.3, -0.25) is 4.79 Å². The van der Waals surface area contributed by atoms with Crippen molar-refractivity contribution in [3.05, 3.63) is 0 Å². The van der Waals surface area contributed by atoms with Crippen LogP contribution in [0, 0.1) is 5.92 Å². The van der Waals surface area contributed by atoms with Gasteiger partial charge in [0.25, 0.3) is 0 Å². The fourth-order valence-electron chi connectivity index (χ4n) is 1.77. The average molecular weight is 228 g/mol. The summed E-state index contributed by atoms with van der Waals surface area (Å²) in [7, 11) is 1.38. The zero-order valence-electron chi connectivity index (χ0n) is 10.6. The molecule has 1 rings (SSSR count). The molecule has 0 heterocycles. The summed E-state index contributed by atoms with van der Waals surface area (Å²) in [6.07, 6.45) is 3.39. The highest BCUT2D eigenvalue weighted by molar-refractivity contribution is 5.75. The third kappa shape index (κ3) is 4.49. The van der Waals surface area contributed by atoms with Crippen molar-refractivity contribution in [1.29, 1.82) is 0 Å². The lowest BCUT2D eigenvalue weighted by Crippen LogP contribution is -2.39. The van der Waals surface area contributed by atoms with Gasteiger partial charge in [-0.2, -0.15) is 0 Å². The summed E-state index contributed by atoms with van der Waals surface area (Å²) in [5.74, 6) is 0.562. The normalized spacial score (nSPS) is 17.9. The number of carbonyl (C=O) groups is 1. The van der Waals surface area contributed by atoms with Crippen LogP contribution >= 0.6 is 0 Å². The Kier molecular flexibility index (Phi) is 5.22. The minimum Gasteiger partial charge on any atom is -0.468 e. The minimum absolute atomic E-state index is 0.310. The van der Waals surface area contributed by atoms with Crippen LogP contribution in [0.15, 0.2) is 0 Å². The highest BCUT2D eigenvalue weighted by Crippen LogP contribution is 2.30. The fourth-order valence-corrected chi connectivity index (χ4v) is 1.77. The second-order valence-corrected chi connectivity index (χ2v) is 4.95. The topological polar surface area (TPSA) is 55.6 Å². The van der Waals surface area contributed by atoms with E-state index in [0.717, 1.165) is 19.0 Å². The van der Waals surface area contributed by atoms with Crippen molar-refractivity contribution in [2.45, 2.75) is 45.2 Å². The van der Waals surface area contributed by atoms with Crippen LogP contribution in [0.1, 0.15) is 33.1 Å². The number of carbonyl (C=O) groups excluding carboxylic acids is 1. The lowest BCUT2D eigenvalue weighted by atomic mass is 10.2. The van der Waals surface area contributed by atoms with Crippen LogP contribution in [0.25, 0.3) is 0 Å². The molecule has 0 aliphatic heterocycles. The molecule has 4 heteroatoms. The molecule has 0 spiro atoms. The summed E-state index contributed by atoms with van der Waals surface area (Å²) in [5, 5.41) is 0. The van der Waals surface area contributed by atoms with Crippen LogP contribution < -0.4 is 5.73 Å². The van der Waals surface area contributed by atoms with Gasteiger partial charge in [0, 0.05) is 19.1 Å². The Hall–Kier alpha value is -0.610. The molecular formula is C12H24N2O2. The van der Waals surface area contributed by atoms with E-state index in [9.17, 15) is 4.79 Å². The Balaban J connectivity index is 2.27. The Morgan fingerprint density at radius 2 is 2.12 bits per heavy atom. The van der Waals surface area contributed by atoms with E-state index in [2.05, 4.69) is 23.5 Å². The maximum absolute atomic E-state index is 11.2. The molecule has 1 unspecified atom stereocenters. The number of esters is 1. The molecule has 2 N–H and O–H groups in total. The van der Waals surface area contributed by atoms with E-state index < -0.39 is 6.04 Å². The van der Waals surface area contributed by atoms with Gasteiger partial charge < -0.3 is 15.4 Å². The predicted molar refractivity (Wildman–Crippen MR) is 64.0 cm³/mol. The number of nitrogens with two attached hydrogens (primary N) is 1. The van der Waals surface area contributed by atoms with Crippen molar-refractivity contribution in [1.82, 2.24) is 4.90 Å². The van der Waals surface area contributed by atoms with Gasteiger partial charge in [0.2, 0.25) is 0 Å². The average Bonchev–Trinajstić information content (AvgIpc) is 3.05. The van der Waals surface area contributed by atoms with Crippen molar-refractivity contribution in [3.8, 4) is 0 Å². The zero-order chi connectivity index (χ0) is 12.1. The second-order valence-electron chi connectivity index (χ2n) is 4.95. The maximum atomic E-state index is 11.2. The quantitative estimate of drug-likeness (QED) is 0.660. The fraction of sp³-hybridized carbons (Fsp3) is 0.917. The first-order chi connectivity index (χ1) is 7.54. The summed E-state index contributed by atoms with van der Waals surface area (Å²) in [5.41, 5.74) is 5.72. The van der Waals surface area contributed by atoms with Gasteiger partial charge in [0.1, 0.15) is 6.04 Å². The molecule has 0 amide bonds. The van der Waals surface area contributed by atoms with Crippen molar-refractivity contribution < 1.29 is 9.53 Å². The maximum Gasteiger partial charge on any atom is 0.322 e. The van der Waals surface area contributed by atoms with Crippen LogP contribution in [-0.2, 0) is 9.53 Å². The standard InChI is InChI=1S/C12H24N2O2/c1-9(2)14(8-10-4-5-10)7-6-11(13)12(15)16-3/h9-11H,4-8,13H2,1-3H3. The lowest BCUT2D eigenvalue weighted by Gasteiger charge is -2.27. The van der Waals surface area contributed by atoms with E-state index in [1.807, 2.05) is 0 Å². The Morgan fingerprint density at radius 3 is 2.56 bits per heavy atom. The van der Waals surface area contributed by atoms with Crippen molar-refractivity contribution >= 4 is 5.97 Å². The summed E-state index contributed by atoms with van der Waals surface area (Å²) < 4.78 is 4.62. The molecule has 0 saturated heterocycles. The van der Waals surface area contributed by atoms with E-state index in [1.165, 1.54) is 20.0 Å². The van der Waals surface area contributed by atoms with E-state index in [-0.39, 0.29) is 5.97 Å². The third-order valence-electron chi connectivity index (χ3n) is 3.15. The molecule has 94 valence electrons. The van der Waals surface area contributed by atoms with Crippen LogP contribution in [0.4, 0.5) is 0 Å². The van der Waals surface area contributed by atoms with Gasteiger partial charge in [-0.25, -0.2) is 0 Å². The Bertz CT molecular complexity index is 227. The predicted octanol–water partition coefficient (Wildman–Crippen LogP) is 0.997. The summed E-state index contributed by atoms with van der Waals surface area (Å²) in [6, 6.07) is 0.0379. The molecule has 0 aromatic carbocycles. The van der Waals surface area contributed by atoms with Gasteiger partial charge in [-0.05, 0) is 39.0 Å². The molecule has 1 aliphatic rings. The molecule has 4 nitrogen and oxygen atoms in total. The number of hydrogen-bond acceptors (Lipinski definition) is 4. The van der Waals surface area contributed by atoms with Crippen molar-refractivity contribution in [2.24, 2.45) is 11.7 Å². The first-order valence-corrected chi connectivity index (χ1v) is 6.12. The van der Waals surface area contributed by atoms with Gasteiger partial charge in [0.15, 0.2) is 0 Å². The molecule has 0 bridgehead atoms. The molecule has 1 fully saturated rings. The van der Waals surface area contributed by atoms with E-state index in [4.69, 9.17) is 5.73 Å². The minimum atomic E-state index is -0.481. The summed E-state index contributed by atoms with van der Waals surface area (Å²) in [4.78, 5) is 13.6. The van der Waals surface area contributed by atoms with Gasteiger partial charge in [-0.15, -0.1) is 0 Å². The highest BCUT2D eigenvalue weighted by Gasteiger charge is 2.26. The molecule has 1 atom stereocenters. The Labute approximate surface area is 98.1 Å². The first kappa shape index (κ1) is 13.5. The molecule has 16 heavy (non-hydrogen) atoms. The number of methoxy groups -OCH3 is 1. The third-order valence-corrected chi connectivity index (χ3v) is 3.15. The Morgan fingerprint density at radius 1 is 1.50 bits per heavy atom. The zero-order valence-corrected chi connectivity index (χ0v) is 10.6. The summed E-state index contributed by atoms with van der Waals surface area (Å²) in [6.45, 7) is 6.40. The molecule has 0 aromatic heterocycles. The molecule has 0 radical (unpaired) electrons. The van der Waals surface area contributed by atoms with Crippen LogP contribution in [0.2, 0.25) is 0 Å². The number of rotatable bonds is 7. The van der Waals surface area contributed by atoms with Crippen molar-refractivity contribution in [2.75, 3.05) is 20.2 Å². The van der Waals surface area contributed by atoms with E-state index in [0.29, 0.717) is 12.5 Å².